The predicted octanol–water partition coefficient (Wildman–Crippen LogP) is 4.47. The van der Waals surface area contributed by atoms with Gasteiger partial charge in [-0.25, -0.2) is 0 Å². The average molecular weight is 435 g/mol. The van der Waals surface area contributed by atoms with Gasteiger partial charge in [0.1, 0.15) is 0 Å². The Bertz CT molecular complexity index is 621. The second-order valence-corrected chi connectivity index (χ2v) is 8.30. The minimum atomic E-state index is -3.86. The smallest absolute Gasteiger partial charge is 0.345 e. The van der Waals surface area contributed by atoms with Gasteiger partial charge in [0.15, 0.2) is 11.4 Å². The highest BCUT2D eigenvalue weighted by molar-refractivity contribution is 9.10. The maximum atomic E-state index is 13.2. The molecular weight excluding hydrogens is 411 g/mol. The normalized spacial score (nSPS) is 14.0. The van der Waals surface area contributed by atoms with Crippen LogP contribution in [0.1, 0.15) is 38.1 Å². The second kappa shape index (κ2) is 10.2. The molecule has 0 heterocycles. The van der Waals surface area contributed by atoms with Crippen LogP contribution in [-0.2, 0) is 23.1 Å². The Morgan fingerprint density at radius 3 is 2.00 bits per heavy atom. The summed E-state index contributed by atoms with van der Waals surface area (Å²) in [7, 11) is -3.86. The number of halogens is 1. The molecule has 0 unspecified atom stereocenters. The van der Waals surface area contributed by atoms with Crippen molar-refractivity contribution >= 4 is 35.3 Å². The van der Waals surface area contributed by atoms with Crippen molar-refractivity contribution in [3.63, 3.8) is 0 Å². The van der Waals surface area contributed by atoms with Crippen molar-refractivity contribution in [3.05, 3.63) is 34.3 Å². The van der Waals surface area contributed by atoms with Crippen LogP contribution in [0.5, 0.6) is 0 Å². The van der Waals surface area contributed by atoms with E-state index in [1.165, 1.54) is 6.92 Å². The highest BCUT2D eigenvalue weighted by Crippen LogP contribution is 2.56. The molecule has 0 saturated carbocycles. The minimum absolute atomic E-state index is 0.0897. The molecule has 2 atom stereocenters. The Balaban J connectivity index is 3.25. The molecule has 0 N–H and O–H groups in total. The molecule has 0 aromatic heterocycles. The lowest BCUT2D eigenvalue weighted by molar-refractivity contribution is -0.143. The van der Waals surface area contributed by atoms with E-state index in [-0.39, 0.29) is 25.6 Å². The Morgan fingerprint density at radius 1 is 1.04 bits per heavy atom. The van der Waals surface area contributed by atoms with Crippen LogP contribution < -0.4 is 0 Å². The molecule has 0 fully saturated rings. The zero-order chi connectivity index (χ0) is 19.0. The molecule has 25 heavy (non-hydrogen) atoms. The number of benzene rings is 1. The Kier molecular flexibility index (Phi) is 9.00. The van der Waals surface area contributed by atoms with Gasteiger partial charge in [0, 0.05) is 16.0 Å². The van der Waals surface area contributed by atoms with Crippen molar-refractivity contribution in [2.24, 2.45) is 5.92 Å². The molecule has 0 saturated heterocycles. The Morgan fingerprint density at radius 2 is 1.56 bits per heavy atom. The SMILES string of the molecule is CCOC(=O)[C@H]([C@H](C)C(=O)c1ccc(Br)cc1)P(=O)(OCC)OCC. The fraction of sp³-hybridized carbons (Fsp3) is 0.529. The summed E-state index contributed by atoms with van der Waals surface area (Å²) in [4.78, 5) is 25.3. The van der Waals surface area contributed by atoms with Crippen LogP contribution in [-0.4, -0.2) is 37.2 Å². The third-order valence-electron chi connectivity index (χ3n) is 3.50. The first kappa shape index (κ1) is 22.0. The molecule has 6 nitrogen and oxygen atoms in total. The van der Waals surface area contributed by atoms with Gasteiger partial charge in [0.05, 0.1) is 19.8 Å². The Labute approximate surface area is 156 Å². The molecule has 0 spiro atoms. The maximum absolute atomic E-state index is 13.2. The number of esters is 1. The van der Waals surface area contributed by atoms with Gasteiger partial charge in [-0.1, -0.05) is 35.0 Å². The van der Waals surface area contributed by atoms with Gasteiger partial charge < -0.3 is 13.8 Å². The van der Waals surface area contributed by atoms with Crippen LogP contribution in [0.4, 0.5) is 0 Å². The van der Waals surface area contributed by atoms with E-state index in [0.29, 0.717) is 5.56 Å². The van der Waals surface area contributed by atoms with Gasteiger partial charge in [-0.05, 0) is 32.9 Å². The molecule has 8 heteroatoms. The lowest BCUT2D eigenvalue weighted by Gasteiger charge is -2.28. The van der Waals surface area contributed by atoms with Crippen LogP contribution in [0.3, 0.4) is 0 Å². The van der Waals surface area contributed by atoms with Gasteiger partial charge in [0.2, 0.25) is 0 Å². The largest absolute Gasteiger partial charge is 0.465 e. The number of carbonyl (C=O) groups is 2. The summed E-state index contributed by atoms with van der Waals surface area (Å²) in [6.07, 6.45) is 0. The predicted molar refractivity (Wildman–Crippen MR) is 98.9 cm³/mol. The number of hydrogen-bond acceptors (Lipinski definition) is 6. The molecule has 0 aliphatic heterocycles. The van der Waals surface area contributed by atoms with Crippen molar-refractivity contribution in [2.45, 2.75) is 33.4 Å². The highest BCUT2D eigenvalue weighted by Gasteiger charge is 2.48. The topological polar surface area (TPSA) is 78.9 Å². The monoisotopic (exact) mass is 434 g/mol. The van der Waals surface area contributed by atoms with E-state index in [0.717, 1.165) is 4.47 Å². The zero-order valence-electron chi connectivity index (χ0n) is 14.9. The summed E-state index contributed by atoms with van der Waals surface area (Å²) in [5.74, 6) is -2.01. The van der Waals surface area contributed by atoms with E-state index in [1.807, 2.05) is 0 Å². The zero-order valence-corrected chi connectivity index (χ0v) is 17.3. The first-order valence-electron chi connectivity index (χ1n) is 8.15. The lowest BCUT2D eigenvalue weighted by atomic mass is 9.96. The molecule has 0 amide bonds. The fourth-order valence-electron chi connectivity index (χ4n) is 2.41. The van der Waals surface area contributed by atoms with Crippen molar-refractivity contribution in [1.82, 2.24) is 0 Å². The number of ether oxygens (including phenoxy) is 1. The van der Waals surface area contributed by atoms with Crippen molar-refractivity contribution < 1.29 is 27.9 Å². The number of rotatable bonds is 10. The number of Topliss-reactive ketones (excluding diaryl/α,β-unsaturated/α-hetero) is 1. The molecular formula is C17H24BrO6P. The summed E-state index contributed by atoms with van der Waals surface area (Å²) in [6, 6.07) is 6.73. The molecule has 1 rings (SSSR count). The fourth-order valence-corrected chi connectivity index (χ4v) is 4.81. The van der Waals surface area contributed by atoms with Crippen molar-refractivity contribution in [3.8, 4) is 0 Å². The van der Waals surface area contributed by atoms with Crippen molar-refractivity contribution in [1.29, 1.82) is 0 Å². The molecule has 0 aliphatic carbocycles. The minimum Gasteiger partial charge on any atom is -0.465 e. The molecule has 1 aromatic carbocycles. The molecule has 0 radical (unpaired) electrons. The molecule has 0 aliphatic rings. The second-order valence-electron chi connectivity index (χ2n) is 5.23. The van der Waals surface area contributed by atoms with Crippen LogP contribution in [0.15, 0.2) is 28.7 Å². The maximum Gasteiger partial charge on any atom is 0.345 e. The highest BCUT2D eigenvalue weighted by atomic mass is 79.9. The summed E-state index contributed by atoms with van der Waals surface area (Å²) in [5, 5.41) is 0. The molecule has 1 aromatic rings. The van der Waals surface area contributed by atoms with Crippen LogP contribution in [0.2, 0.25) is 0 Å². The standard InChI is InChI=1S/C17H24BrO6P/c1-5-22-17(20)16(25(21,23-6-2)24-7-3)12(4)15(19)13-8-10-14(18)11-9-13/h8-12,16H,5-7H2,1-4H3/t12-,16+/m1/s1. The van der Waals surface area contributed by atoms with E-state index >= 15 is 0 Å². The summed E-state index contributed by atoms with van der Waals surface area (Å²) < 4.78 is 29.6. The first-order valence-corrected chi connectivity index (χ1v) is 10.6. The van der Waals surface area contributed by atoms with Gasteiger partial charge in [-0.2, -0.15) is 0 Å². The Hall–Kier alpha value is -1.01. The van der Waals surface area contributed by atoms with E-state index in [9.17, 15) is 14.2 Å². The van der Waals surface area contributed by atoms with Gasteiger partial charge in [-0.3, -0.25) is 14.2 Å². The third kappa shape index (κ3) is 5.74. The summed E-state index contributed by atoms with van der Waals surface area (Å²) in [5.41, 5.74) is -0.909. The van der Waals surface area contributed by atoms with Crippen LogP contribution in [0.25, 0.3) is 0 Å². The van der Waals surface area contributed by atoms with E-state index < -0.39 is 25.1 Å². The van der Waals surface area contributed by atoms with Crippen LogP contribution >= 0.6 is 23.5 Å². The first-order chi connectivity index (χ1) is 11.8. The van der Waals surface area contributed by atoms with Crippen LogP contribution in [0, 0.1) is 5.92 Å². The van der Waals surface area contributed by atoms with Gasteiger partial charge in [-0.15, -0.1) is 0 Å². The van der Waals surface area contributed by atoms with Crippen molar-refractivity contribution in [2.75, 3.05) is 19.8 Å². The number of ketones is 1. The third-order valence-corrected chi connectivity index (χ3v) is 6.61. The quantitative estimate of drug-likeness (QED) is 0.307. The molecule has 0 bridgehead atoms. The van der Waals surface area contributed by atoms with E-state index in [2.05, 4.69) is 15.9 Å². The van der Waals surface area contributed by atoms with E-state index in [1.54, 1.807) is 45.0 Å². The average Bonchev–Trinajstić information content (AvgIpc) is 2.55. The van der Waals surface area contributed by atoms with E-state index in [4.69, 9.17) is 13.8 Å². The summed E-state index contributed by atoms with van der Waals surface area (Å²) in [6.45, 7) is 6.76. The van der Waals surface area contributed by atoms with Gasteiger partial charge >= 0.3 is 13.6 Å². The lowest BCUT2D eigenvalue weighted by Crippen LogP contribution is -2.36. The number of carbonyl (C=O) groups excluding carboxylic acids is 2. The molecule has 140 valence electrons. The number of hydrogen-bond donors (Lipinski definition) is 0. The van der Waals surface area contributed by atoms with Gasteiger partial charge in [0.25, 0.3) is 0 Å². The summed E-state index contributed by atoms with van der Waals surface area (Å²) >= 11 is 3.31.